The van der Waals surface area contributed by atoms with Crippen LogP contribution in [0.15, 0.2) is 0 Å². The zero-order valence-electron chi connectivity index (χ0n) is 2.21. The summed E-state index contributed by atoms with van der Waals surface area (Å²) >= 11 is 14.4. The number of halogens is 3. The van der Waals surface area contributed by atoms with Crippen LogP contribution in [0, 0.1) is 0 Å². The summed E-state index contributed by atoms with van der Waals surface area (Å²) in [4.78, 5) is 0. The van der Waals surface area contributed by atoms with E-state index in [-0.39, 0.29) is 27.3 Å². The van der Waals surface area contributed by atoms with E-state index in [2.05, 4.69) is 0 Å². The number of hydrogen-bond donors (Lipinski definition) is 0. The molecule has 0 atom stereocenters. The zero-order valence-corrected chi connectivity index (χ0v) is 8.37. The fourth-order valence-corrected chi connectivity index (χ4v) is 0. The van der Waals surface area contributed by atoms with Gasteiger partial charge < -0.3 is 0 Å². The first-order valence-corrected chi connectivity index (χ1v) is 1.96. The minimum absolute atomic E-state index is 0. The molecule has 0 spiro atoms. The van der Waals surface area contributed by atoms with E-state index in [0.717, 1.165) is 0 Å². The van der Waals surface area contributed by atoms with Crippen LogP contribution in [-0.2, 0) is 0 Å². The minimum Gasteiger partial charge on any atom is -0.0874 e. The van der Waals surface area contributed by atoms with Crippen molar-refractivity contribution in [3.05, 3.63) is 0 Å². The maximum absolute atomic E-state index is 4.81. The quantitative estimate of drug-likeness (QED) is 0.469. The van der Waals surface area contributed by atoms with E-state index in [9.17, 15) is 0 Å². The van der Waals surface area contributed by atoms with Crippen LogP contribution in [0.3, 0.4) is 0 Å². The van der Waals surface area contributed by atoms with E-state index in [1.807, 2.05) is 0 Å². The van der Waals surface area contributed by atoms with Crippen LogP contribution in [-0.4, -0.2) is 31.6 Å². The van der Waals surface area contributed by atoms with Gasteiger partial charge in [-0.3, -0.25) is 0 Å². The largest absolute Gasteiger partial charge is 0.180 e. The molecule has 0 aromatic rings. The molecule has 30 valence electrons. The van der Waals surface area contributed by atoms with Gasteiger partial charge in [-0.15, -0.1) is 0 Å². The molecule has 0 fully saturated rings. The Labute approximate surface area is 65.9 Å². The van der Waals surface area contributed by atoms with E-state index in [4.69, 9.17) is 34.8 Å². The molecule has 4 heteroatoms. The second-order valence-electron chi connectivity index (χ2n) is 0.247. The Morgan fingerprint density at radius 2 is 1.00 bits per heavy atom. The third kappa shape index (κ3) is 25.9. The molecule has 0 heterocycles. The molecule has 0 aliphatic carbocycles. The van der Waals surface area contributed by atoms with Crippen molar-refractivity contribution >= 4 is 62.1 Å². The van der Waals surface area contributed by atoms with Crippen molar-refractivity contribution in [1.29, 1.82) is 0 Å². The van der Waals surface area contributed by atoms with Gasteiger partial charge in [-0.1, -0.05) is 34.8 Å². The molecular formula is CHCl3Pb. The van der Waals surface area contributed by atoms with Crippen molar-refractivity contribution in [1.82, 2.24) is 0 Å². The molecule has 0 bridgehead atoms. The predicted octanol–water partition coefficient (Wildman–Crippen LogP) is 1.61. The van der Waals surface area contributed by atoms with Gasteiger partial charge in [-0.2, -0.15) is 0 Å². The van der Waals surface area contributed by atoms with Gasteiger partial charge in [0.1, 0.15) is 0 Å². The molecule has 0 nitrogen and oxygen atoms in total. The standard InChI is InChI=1S/CHCl3.Pb/c2-1(3)4;/h1H;. The monoisotopic (exact) mass is 326 g/mol. The summed E-state index contributed by atoms with van der Waals surface area (Å²) in [6.07, 6.45) is 0. The fourth-order valence-electron chi connectivity index (χ4n) is 0. The minimum atomic E-state index is -0.750. The van der Waals surface area contributed by atoms with Crippen molar-refractivity contribution in [2.75, 3.05) is 0 Å². The summed E-state index contributed by atoms with van der Waals surface area (Å²) in [5, 5.41) is 0. The van der Waals surface area contributed by atoms with Crippen LogP contribution >= 0.6 is 34.8 Å². The van der Waals surface area contributed by atoms with Crippen LogP contribution in [0.5, 0.6) is 0 Å². The number of rotatable bonds is 0. The molecule has 0 saturated carbocycles. The summed E-state index contributed by atoms with van der Waals surface area (Å²) in [6, 6.07) is 0. The fraction of sp³-hybridized carbons (Fsp3) is 1.00. The molecule has 0 aromatic heterocycles. The van der Waals surface area contributed by atoms with Crippen LogP contribution in [0.2, 0.25) is 0 Å². The molecule has 5 heavy (non-hydrogen) atoms. The van der Waals surface area contributed by atoms with E-state index in [0.29, 0.717) is 0 Å². The topological polar surface area (TPSA) is 0 Å². The smallest absolute Gasteiger partial charge is 0.0874 e. The first kappa shape index (κ1) is 9.92. The Balaban J connectivity index is 0. The summed E-state index contributed by atoms with van der Waals surface area (Å²) < 4.78 is -0.750. The van der Waals surface area contributed by atoms with Crippen molar-refractivity contribution in [2.24, 2.45) is 0 Å². The molecule has 0 saturated heterocycles. The van der Waals surface area contributed by atoms with Gasteiger partial charge in [-0.05, 0) is 0 Å². The first-order chi connectivity index (χ1) is 1.73. The summed E-state index contributed by atoms with van der Waals surface area (Å²) in [5.74, 6) is 0. The Hall–Kier alpha value is 1.79. The maximum Gasteiger partial charge on any atom is 0.180 e. The number of hydrogen-bond acceptors (Lipinski definition) is 0. The molecule has 0 aromatic carbocycles. The second-order valence-corrected chi connectivity index (χ2v) is 2.23. The molecule has 0 aliphatic rings. The summed E-state index contributed by atoms with van der Waals surface area (Å²) in [5.41, 5.74) is 0. The van der Waals surface area contributed by atoms with Gasteiger partial charge in [0, 0.05) is 27.3 Å². The van der Waals surface area contributed by atoms with Crippen LogP contribution in [0.4, 0.5) is 0 Å². The normalized spacial score (nSPS) is 7.20. The average molecular weight is 327 g/mol. The number of alkyl halides is 3. The molecule has 0 amide bonds. The van der Waals surface area contributed by atoms with Gasteiger partial charge in [0.25, 0.3) is 0 Å². The SMILES string of the molecule is ClC(Cl)Cl.[Pb]. The van der Waals surface area contributed by atoms with E-state index < -0.39 is 4.30 Å². The van der Waals surface area contributed by atoms with Crippen molar-refractivity contribution in [3.8, 4) is 0 Å². The molecule has 0 rings (SSSR count). The van der Waals surface area contributed by atoms with Crippen molar-refractivity contribution in [3.63, 3.8) is 0 Å². The van der Waals surface area contributed by atoms with Gasteiger partial charge in [-0.25, -0.2) is 0 Å². The average Bonchev–Trinajstić information content (AvgIpc) is 0.811. The van der Waals surface area contributed by atoms with Gasteiger partial charge in [0.2, 0.25) is 0 Å². The first-order valence-electron chi connectivity index (χ1n) is 0.655. The van der Waals surface area contributed by atoms with E-state index in [1.54, 1.807) is 0 Å². The molecular weight excluding hydrogens is 326 g/mol. The maximum atomic E-state index is 4.81. The molecule has 0 N–H and O–H groups in total. The zero-order chi connectivity index (χ0) is 3.58. The molecule has 0 unspecified atom stereocenters. The second kappa shape index (κ2) is 5.79. The Kier molecular flexibility index (Phi) is 11.5. The Bertz CT molecular complexity index is 11.6. The van der Waals surface area contributed by atoms with Crippen molar-refractivity contribution in [2.45, 2.75) is 4.30 Å². The Morgan fingerprint density at radius 1 is 1.00 bits per heavy atom. The van der Waals surface area contributed by atoms with Crippen LogP contribution in [0.1, 0.15) is 0 Å². The van der Waals surface area contributed by atoms with Gasteiger partial charge >= 0.3 is 0 Å². The van der Waals surface area contributed by atoms with Crippen LogP contribution in [0.25, 0.3) is 0 Å². The molecule has 4 radical (unpaired) electrons. The third-order valence-corrected chi connectivity index (χ3v) is 0. The van der Waals surface area contributed by atoms with Gasteiger partial charge in [0.05, 0.1) is 0 Å². The summed E-state index contributed by atoms with van der Waals surface area (Å²) in [7, 11) is 0. The summed E-state index contributed by atoms with van der Waals surface area (Å²) in [6.45, 7) is 0. The van der Waals surface area contributed by atoms with Crippen molar-refractivity contribution < 1.29 is 0 Å². The molecule has 0 aliphatic heterocycles. The van der Waals surface area contributed by atoms with E-state index in [1.165, 1.54) is 0 Å². The van der Waals surface area contributed by atoms with Gasteiger partial charge in [0.15, 0.2) is 4.30 Å². The van der Waals surface area contributed by atoms with Crippen LogP contribution < -0.4 is 0 Å². The van der Waals surface area contributed by atoms with E-state index >= 15 is 0 Å². The Morgan fingerprint density at radius 3 is 1.00 bits per heavy atom. The predicted molar refractivity (Wildman–Crippen MR) is 27.1 cm³/mol. The third-order valence-electron chi connectivity index (χ3n) is 0.